The second-order valence-corrected chi connectivity index (χ2v) is 5.73. The van der Waals surface area contributed by atoms with Gasteiger partial charge in [-0.2, -0.15) is 0 Å². The third-order valence-electron chi connectivity index (χ3n) is 3.79. The molecule has 0 bridgehead atoms. The fourth-order valence-corrected chi connectivity index (χ4v) is 3.20. The number of hydrogen-bond donors (Lipinski definition) is 1. The zero-order valence-corrected chi connectivity index (χ0v) is 14.6. The van der Waals surface area contributed by atoms with Gasteiger partial charge in [0, 0.05) is 25.3 Å². The molecule has 1 N–H and O–H groups in total. The number of ether oxygens (including phenoxy) is 1. The van der Waals surface area contributed by atoms with Crippen LogP contribution in [0.15, 0.2) is 11.6 Å². The van der Waals surface area contributed by atoms with Crippen LogP contribution in [-0.4, -0.2) is 54.3 Å². The summed E-state index contributed by atoms with van der Waals surface area (Å²) < 4.78 is 4.96. The summed E-state index contributed by atoms with van der Waals surface area (Å²) in [5.74, 6) is -0.0792. The summed E-state index contributed by atoms with van der Waals surface area (Å²) in [6, 6.07) is -0.768. The molecular formula is C15H23BrN2O4. The molecule has 0 aliphatic carbocycles. The monoisotopic (exact) mass is 374 g/mol. The smallest absolute Gasteiger partial charge is 0.332 e. The van der Waals surface area contributed by atoms with Crippen LogP contribution in [0.2, 0.25) is 0 Å². The van der Waals surface area contributed by atoms with E-state index in [1.54, 1.807) is 19.9 Å². The molecule has 22 heavy (non-hydrogen) atoms. The minimum Gasteiger partial charge on any atom is -0.464 e. The number of carbonyl (C=O) groups excluding carboxylic acids is 3. The molecule has 1 fully saturated rings. The Morgan fingerprint density at radius 1 is 1.41 bits per heavy atom. The Labute approximate surface area is 139 Å². The van der Waals surface area contributed by atoms with Crippen LogP contribution in [0.1, 0.15) is 26.7 Å². The molecule has 0 radical (unpaired) electrons. The number of nitrogens with zero attached hydrogens (tertiary/aromatic N) is 1. The number of hydrogen-bond acceptors (Lipinski definition) is 4. The van der Waals surface area contributed by atoms with Crippen molar-refractivity contribution in [2.24, 2.45) is 5.92 Å². The highest BCUT2D eigenvalue weighted by Gasteiger charge is 2.25. The lowest BCUT2D eigenvalue weighted by Crippen LogP contribution is -2.39. The summed E-state index contributed by atoms with van der Waals surface area (Å²) in [4.78, 5) is 35.7. The molecule has 0 aromatic heterocycles. The summed E-state index contributed by atoms with van der Waals surface area (Å²) in [5, 5.41) is 3.10. The molecule has 1 rings (SSSR count). The molecule has 0 aromatic carbocycles. The first-order valence-corrected chi connectivity index (χ1v) is 8.54. The van der Waals surface area contributed by atoms with E-state index in [2.05, 4.69) is 21.2 Å². The van der Waals surface area contributed by atoms with Crippen molar-refractivity contribution in [3.05, 3.63) is 11.6 Å². The van der Waals surface area contributed by atoms with E-state index in [0.717, 1.165) is 31.5 Å². The molecule has 1 saturated heterocycles. The zero-order chi connectivity index (χ0) is 16.5. The molecular weight excluding hydrogens is 352 g/mol. The van der Waals surface area contributed by atoms with Crippen molar-refractivity contribution >= 4 is 34.2 Å². The first-order chi connectivity index (χ1) is 10.5. The van der Waals surface area contributed by atoms with E-state index in [-0.39, 0.29) is 12.5 Å². The summed E-state index contributed by atoms with van der Waals surface area (Å²) in [6.45, 7) is 5.00. The van der Waals surface area contributed by atoms with E-state index in [1.165, 1.54) is 0 Å². The van der Waals surface area contributed by atoms with Crippen LogP contribution >= 0.6 is 15.9 Å². The Morgan fingerprint density at radius 2 is 2.05 bits per heavy atom. The highest BCUT2D eigenvalue weighted by molar-refractivity contribution is 9.09. The molecule has 1 unspecified atom stereocenters. The molecule has 0 saturated carbocycles. The number of allylic oxidation sites excluding steroid dienone is 1. The number of rotatable bonds is 7. The number of amides is 2. The molecule has 7 heteroatoms. The van der Waals surface area contributed by atoms with Crippen LogP contribution in [-0.2, 0) is 19.1 Å². The van der Waals surface area contributed by atoms with Crippen molar-refractivity contribution < 1.29 is 19.1 Å². The Hall–Kier alpha value is -1.37. The highest BCUT2D eigenvalue weighted by Crippen LogP contribution is 2.26. The van der Waals surface area contributed by atoms with E-state index < -0.39 is 12.0 Å². The molecule has 1 atom stereocenters. The van der Waals surface area contributed by atoms with Crippen molar-refractivity contribution in [3.8, 4) is 0 Å². The third kappa shape index (κ3) is 5.44. The van der Waals surface area contributed by atoms with Crippen LogP contribution in [0.5, 0.6) is 0 Å². The van der Waals surface area contributed by atoms with Gasteiger partial charge in [-0.3, -0.25) is 9.59 Å². The first kappa shape index (κ1) is 18.7. The average Bonchev–Trinajstić information content (AvgIpc) is 2.51. The number of esters is 1. The van der Waals surface area contributed by atoms with Crippen LogP contribution < -0.4 is 5.32 Å². The predicted octanol–water partition coefficient (Wildman–Crippen LogP) is 1.24. The number of carbonyl (C=O) groups is 3. The van der Waals surface area contributed by atoms with Gasteiger partial charge < -0.3 is 15.0 Å². The fourth-order valence-electron chi connectivity index (χ4n) is 2.56. The second-order valence-electron chi connectivity index (χ2n) is 5.17. The SMILES string of the molecule is CCOC(=O)C(C=C(CBr)C1CCN(C(C)=O)CC1)NC=O. The normalized spacial score (nSPS) is 17.8. The number of alkyl halides is 1. The molecule has 6 nitrogen and oxygen atoms in total. The standard InChI is InChI=1S/C15H23BrN2O4/c1-3-22-15(21)14(17-10-19)8-13(9-16)12-4-6-18(7-5-12)11(2)20/h8,10,12,14H,3-7,9H2,1-2H3,(H,17,19). The molecule has 1 aliphatic heterocycles. The van der Waals surface area contributed by atoms with Crippen molar-refractivity contribution in [1.82, 2.24) is 10.2 Å². The van der Waals surface area contributed by atoms with Crippen LogP contribution in [0.25, 0.3) is 0 Å². The maximum absolute atomic E-state index is 11.9. The highest BCUT2D eigenvalue weighted by atomic mass is 79.9. The van der Waals surface area contributed by atoms with Gasteiger partial charge in [0.1, 0.15) is 6.04 Å². The minimum atomic E-state index is -0.768. The van der Waals surface area contributed by atoms with Crippen LogP contribution in [0.3, 0.4) is 0 Å². The summed E-state index contributed by atoms with van der Waals surface area (Å²) in [5.41, 5.74) is 1.05. The molecule has 124 valence electrons. The lowest BCUT2D eigenvalue weighted by Gasteiger charge is -2.32. The van der Waals surface area contributed by atoms with Gasteiger partial charge in [0.05, 0.1) is 6.61 Å². The third-order valence-corrected chi connectivity index (χ3v) is 4.44. The van der Waals surface area contributed by atoms with E-state index in [1.807, 2.05) is 4.90 Å². The van der Waals surface area contributed by atoms with Gasteiger partial charge in [0.15, 0.2) is 0 Å². The van der Waals surface area contributed by atoms with Crippen LogP contribution in [0.4, 0.5) is 0 Å². The molecule has 2 amide bonds. The molecule has 1 aliphatic rings. The Morgan fingerprint density at radius 3 is 2.50 bits per heavy atom. The van der Waals surface area contributed by atoms with Crippen molar-refractivity contribution in [2.75, 3.05) is 25.0 Å². The number of likely N-dealkylation sites (tertiary alicyclic amines) is 1. The molecule has 0 aromatic rings. The number of piperidine rings is 1. The average molecular weight is 375 g/mol. The van der Waals surface area contributed by atoms with E-state index in [4.69, 9.17) is 4.74 Å². The van der Waals surface area contributed by atoms with Crippen LogP contribution in [0, 0.1) is 5.92 Å². The van der Waals surface area contributed by atoms with Gasteiger partial charge in [-0.05, 0) is 25.7 Å². The second kappa shape index (κ2) is 9.61. The first-order valence-electron chi connectivity index (χ1n) is 7.41. The maximum Gasteiger partial charge on any atom is 0.332 e. The summed E-state index contributed by atoms with van der Waals surface area (Å²) in [6.07, 6.45) is 3.97. The Balaban J connectivity index is 2.77. The Bertz CT molecular complexity index is 431. The Kier molecular flexibility index (Phi) is 8.16. The fraction of sp³-hybridized carbons (Fsp3) is 0.667. The molecule has 1 heterocycles. The zero-order valence-electron chi connectivity index (χ0n) is 13.0. The quantitative estimate of drug-likeness (QED) is 0.315. The minimum absolute atomic E-state index is 0.0924. The lowest BCUT2D eigenvalue weighted by molar-refractivity contribution is -0.145. The number of halogens is 1. The maximum atomic E-state index is 11.9. The van der Waals surface area contributed by atoms with Gasteiger partial charge in [-0.1, -0.05) is 27.6 Å². The van der Waals surface area contributed by atoms with Gasteiger partial charge in [-0.15, -0.1) is 0 Å². The van der Waals surface area contributed by atoms with Gasteiger partial charge in [-0.25, -0.2) is 4.79 Å². The van der Waals surface area contributed by atoms with Gasteiger partial charge in [0.2, 0.25) is 12.3 Å². The van der Waals surface area contributed by atoms with Crippen molar-refractivity contribution in [2.45, 2.75) is 32.7 Å². The summed E-state index contributed by atoms with van der Waals surface area (Å²) in [7, 11) is 0. The van der Waals surface area contributed by atoms with E-state index in [0.29, 0.717) is 17.7 Å². The largest absolute Gasteiger partial charge is 0.464 e. The van der Waals surface area contributed by atoms with Crippen molar-refractivity contribution in [3.63, 3.8) is 0 Å². The summed E-state index contributed by atoms with van der Waals surface area (Å²) >= 11 is 3.45. The predicted molar refractivity (Wildman–Crippen MR) is 86.5 cm³/mol. The molecule has 0 spiro atoms. The van der Waals surface area contributed by atoms with Gasteiger partial charge >= 0.3 is 5.97 Å². The van der Waals surface area contributed by atoms with E-state index in [9.17, 15) is 14.4 Å². The number of nitrogens with one attached hydrogen (secondary N) is 1. The van der Waals surface area contributed by atoms with E-state index >= 15 is 0 Å². The van der Waals surface area contributed by atoms with Gasteiger partial charge in [0.25, 0.3) is 0 Å². The topological polar surface area (TPSA) is 75.7 Å². The lowest BCUT2D eigenvalue weighted by atomic mass is 9.89. The van der Waals surface area contributed by atoms with Crippen molar-refractivity contribution in [1.29, 1.82) is 0 Å².